The molecule has 0 unspecified atom stereocenters. The molecule has 2 saturated heterocycles. The first kappa shape index (κ1) is 16.7. The van der Waals surface area contributed by atoms with E-state index in [1.807, 2.05) is 12.4 Å². The van der Waals surface area contributed by atoms with Crippen molar-refractivity contribution in [2.45, 2.75) is 24.8 Å². The minimum atomic E-state index is -0.399. The van der Waals surface area contributed by atoms with E-state index < -0.39 is 5.91 Å². The Balaban J connectivity index is 1.67. The summed E-state index contributed by atoms with van der Waals surface area (Å²) in [5, 5.41) is 0. The van der Waals surface area contributed by atoms with Gasteiger partial charge < -0.3 is 10.5 Å². The SMILES string of the molecule is NC(=O)COC[C@@H]1CN(C2CCSCC2)C[C@H]1c1ccncc1. The second-order valence-electron chi connectivity index (χ2n) is 6.43. The number of thioether (sulfide) groups is 1. The molecule has 0 aromatic carbocycles. The lowest BCUT2D eigenvalue weighted by atomic mass is 9.90. The van der Waals surface area contributed by atoms with Gasteiger partial charge in [-0.2, -0.15) is 11.8 Å². The van der Waals surface area contributed by atoms with E-state index in [1.165, 1.54) is 29.9 Å². The molecule has 6 heteroatoms. The molecule has 0 saturated carbocycles. The summed E-state index contributed by atoms with van der Waals surface area (Å²) in [5.74, 6) is 2.99. The highest BCUT2D eigenvalue weighted by atomic mass is 32.2. The van der Waals surface area contributed by atoms with Gasteiger partial charge in [0.2, 0.25) is 5.91 Å². The minimum absolute atomic E-state index is 0.0135. The number of likely N-dealkylation sites (tertiary alicyclic amines) is 1. The second kappa shape index (κ2) is 8.13. The molecule has 2 atom stereocenters. The first-order valence-corrected chi connectivity index (χ1v) is 9.47. The van der Waals surface area contributed by atoms with Gasteiger partial charge in [0.1, 0.15) is 6.61 Å². The molecule has 0 aliphatic carbocycles. The van der Waals surface area contributed by atoms with Crippen LogP contribution in [0.4, 0.5) is 0 Å². The van der Waals surface area contributed by atoms with Crippen LogP contribution in [-0.4, -0.2) is 59.6 Å². The van der Waals surface area contributed by atoms with Gasteiger partial charge in [0, 0.05) is 43.4 Å². The molecule has 1 amide bonds. The average Bonchev–Trinajstić information content (AvgIpc) is 3.00. The lowest BCUT2D eigenvalue weighted by Crippen LogP contribution is -2.36. The van der Waals surface area contributed by atoms with Gasteiger partial charge in [-0.1, -0.05) is 0 Å². The summed E-state index contributed by atoms with van der Waals surface area (Å²) in [6.45, 7) is 2.72. The lowest BCUT2D eigenvalue weighted by Gasteiger charge is -2.31. The number of rotatable bonds is 6. The number of hydrogen-bond donors (Lipinski definition) is 1. The summed E-state index contributed by atoms with van der Waals surface area (Å²) >= 11 is 2.06. The lowest BCUT2D eigenvalue weighted by molar-refractivity contribution is -0.122. The number of pyridine rings is 1. The molecule has 126 valence electrons. The van der Waals surface area contributed by atoms with Gasteiger partial charge in [-0.05, 0) is 42.0 Å². The molecule has 2 fully saturated rings. The van der Waals surface area contributed by atoms with Crippen LogP contribution < -0.4 is 5.73 Å². The van der Waals surface area contributed by atoms with E-state index in [2.05, 4.69) is 33.8 Å². The number of nitrogens with zero attached hydrogens (tertiary/aromatic N) is 2. The summed E-state index contributed by atoms with van der Waals surface area (Å²) in [7, 11) is 0. The summed E-state index contributed by atoms with van der Waals surface area (Å²) in [6.07, 6.45) is 6.28. The van der Waals surface area contributed by atoms with Crippen molar-refractivity contribution in [3.05, 3.63) is 30.1 Å². The van der Waals surface area contributed by atoms with Gasteiger partial charge in [-0.25, -0.2) is 0 Å². The summed E-state index contributed by atoms with van der Waals surface area (Å²) in [5.41, 5.74) is 6.50. The molecular weight excluding hydrogens is 310 g/mol. The average molecular weight is 335 g/mol. The van der Waals surface area contributed by atoms with Crippen LogP contribution in [0.2, 0.25) is 0 Å². The topological polar surface area (TPSA) is 68.5 Å². The van der Waals surface area contributed by atoms with Crippen LogP contribution in [0.3, 0.4) is 0 Å². The molecule has 3 rings (SSSR count). The highest BCUT2D eigenvalue weighted by Gasteiger charge is 2.37. The summed E-state index contributed by atoms with van der Waals surface area (Å²) in [4.78, 5) is 17.7. The van der Waals surface area contributed by atoms with E-state index >= 15 is 0 Å². The molecule has 1 aromatic heterocycles. The molecule has 0 radical (unpaired) electrons. The Labute approximate surface area is 142 Å². The van der Waals surface area contributed by atoms with Crippen molar-refractivity contribution in [3.63, 3.8) is 0 Å². The minimum Gasteiger partial charge on any atom is -0.371 e. The first-order valence-electron chi connectivity index (χ1n) is 8.32. The number of carbonyl (C=O) groups excluding carboxylic acids is 1. The Kier molecular flexibility index (Phi) is 5.91. The maximum absolute atomic E-state index is 10.9. The number of amides is 1. The third-order valence-electron chi connectivity index (χ3n) is 4.89. The van der Waals surface area contributed by atoms with Gasteiger partial charge in [0.25, 0.3) is 0 Å². The highest BCUT2D eigenvalue weighted by Crippen LogP contribution is 2.36. The molecule has 2 N–H and O–H groups in total. The smallest absolute Gasteiger partial charge is 0.243 e. The molecule has 2 aliphatic heterocycles. The molecule has 1 aromatic rings. The van der Waals surface area contributed by atoms with Gasteiger partial charge in [-0.15, -0.1) is 0 Å². The zero-order valence-corrected chi connectivity index (χ0v) is 14.2. The monoisotopic (exact) mass is 335 g/mol. The van der Waals surface area contributed by atoms with Crippen molar-refractivity contribution in [1.82, 2.24) is 9.88 Å². The van der Waals surface area contributed by atoms with E-state index in [0.717, 1.165) is 13.1 Å². The quantitative estimate of drug-likeness (QED) is 0.853. The van der Waals surface area contributed by atoms with Crippen LogP contribution in [0.1, 0.15) is 24.3 Å². The van der Waals surface area contributed by atoms with E-state index in [-0.39, 0.29) is 6.61 Å². The van der Waals surface area contributed by atoms with E-state index in [1.54, 1.807) is 0 Å². The van der Waals surface area contributed by atoms with Gasteiger partial charge in [0.05, 0.1) is 6.61 Å². The number of primary amides is 1. The molecule has 5 nitrogen and oxygen atoms in total. The zero-order chi connectivity index (χ0) is 16.1. The van der Waals surface area contributed by atoms with Crippen LogP contribution >= 0.6 is 11.8 Å². The van der Waals surface area contributed by atoms with Crippen LogP contribution in [-0.2, 0) is 9.53 Å². The first-order chi connectivity index (χ1) is 11.2. The van der Waals surface area contributed by atoms with E-state index in [9.17, 15) is 4.79 Å². The van der Waals surface area contributed by atoms with Crippen LogP contribution in [0.5, 0.6) is 0 Å². The van der Waals surface area contributed by atoms with Crippen LogP contribution in [0, 0.1) is 5.92 Å². The normalized spacial score (nSPS) is 26.4. The van der Waals surface area contributed by atoms with Crippen molar-refractivity contribution in [2.75, 3.05) is 37.8 Å². The Hall–Kier alpha value is -1.11. The maximum Gasteiger partial charge on any atom is 0.243 e. The standard InChI is InChI=1S/C17H25N3O2S/c18-17(21)12-22-11-14-9-20(15-3-7-23-8-4-15)10-16(14)13-1-5-19-6-2-13/h1-2,5-6,14-16H,3-4,7-12H2,(H2,18,21)/t14-,16-/m0/s1. The number of carbonyl (C=O) groups is 1. The molecule has 3 heterocycles. The van der Waals surface area contributed by atoms with Crippen molar-refractivity contribution in [3.8, 4) is 0 Å². The summed E-state index contributed by atoms with van der Waals surface area (Å²) < 4.78 is 5.55. The zero-order valence-electron chi connectivity index (χ0n) is 13.4. The fourth-order valence-corrected chi connectivity index (χ4v) is 4.80. The van der Waals surface area contributed by atoms with Crippen molar-refractivity contribution >= 4 is 17.7 Å². The van der Waals surface area contributed by atoms with E-state index in [0.29, 0.717) is 24.5 Å². The predicted octanol–water partition coefficient (Wildman–Crippen LogP) is 1.49. The fraction of sp³-hybridized carbons (Fsp3) is 0.647. The molecule has 0 bridgehead atoms. The van der Waals surface area contributed by atoms with Gasteiger partial charge in [0.15, 0.2) is 0 Å². The van der Waals surface area contributed by atoms with E-state index in [4.69, 9.17) is 10.5 Å². The number of nitrogens with two attached hydrogens (primary N) is 1. The molecular formula is C17H25N3O2S. The van der Waals surface area contributed by atoms with Gasteiger partial charge in [-0.3, -0.25) is 14.7 Å². The highest BCUT2D eigenvalue weighted by molar-refractivity contribution is 7.99. The van der Waals surface area contributed by atoms with Gasteiger partial charge >= 0.3 is 0 Å². The molecule has 2 aliphatic rings. The van der Waals surface area contributed by atoms with Crippen molar-refractivity contribution in [1.29, 1.82) is 0 Å². The number of ether oxygens (including phenoxy) is 1. The third kappa shape index (κ3) is 4.46. The molecule has 0 spiro atoms. The Bertz CT molecular complexity index is 508. The number of hydrogen-bond acceptors (Lipinski definition) is 5. The largest absolute Gasteiger partial charge is 0.371 e. The van der Waals surface area contributed by atoms with Crippen LogP contribution in [0.25, 0.3) is 0 Å². The molecule has 23 heavy (non-hydrogen) atoms. The second-order valence-corrected chi connectivity index (χ2v) is 7.65. The Morgan fingerprint density at radius 2 is 2.04 bits per heavy atom. The Morgan fingerprint density at radius 1 is 1.30 bits per heavy atom. The fourth-order valence-electron chi connectivity index (χ4n) is 3.72. The Morgan fingerprint density at radius 3 is 2.74 bits per heavy atom. The third-order valence-corrected chi connectivity index (χ3v) is 5.94. The predicted molar refractivity (Wildman–Crippen MR) is 92.4 cm³/mol. The maximum atomic E-state index is 10.9. The van der Waals surface area contributed by atoms with Crippen LogP contribution in [0.15, 0.2) is 24.5 Å². The van der Waals surface area contributed by atoms with Crippen molar-refractivity contribution in [2.24, 2.45) is 11.7 Å². The van der Waals surface area contributed by atoms with Crippen molar-refractivity contribution < 1.29 is 9.53 Å². The number of aromatic nitrogens is 1. The summed E-state index contributed by atoms with van der Waals surface area (Å²) in [6, 6.07) is 4.90.